The number of fused-ring (bicyclic) bond motifs is 1. The summed E-state index contributed by atoms with van der Waals surface area (Å²) in [5.41, 5.74) is 12.3. The molecule has 0 fully saturated rings. The van der Waals surface area contributed by atoms with Gasteiger partial charge in [-0.05, 0) is 18.2 Å². The number of rotatable bonds is 0. The van der Waals surface area contributed by atoms with E-state index in [2.05, 4.69) is 0 Å². The van der Waals surface area contributed by atoms with Crippen LogP contribution in [0.5, 0.6) is 0 Å². The zero-order valence-electron chi connectivity index (χ0n) is 6.90. The van der Waals surface area contributed by atoms with Crippen LogP contribution in [0.15, 0.2) is 30.5 Å². The monoisotopic (exact) mass is 175 g/mol. The predicted molar refractivity (Wildman–Crippen MR) is 51.3 cm³/mol. The number of nitrogens with two attached hydrogens (primary N) is 2. The molecule has 0 aliphatic rings. The van der Waals surface area contributed by atoms with E-state index in [9.17, 15) is 4.79 Å². The van der Waals surface area contributed by atoms with Crippen molar-refractivity contribution in [1.82, 2.24) is 4.57 Å². The Morgan fingerprint density at radius 2 is 2.08 bits per heavy atom. The number of carbonyl (C=O) groups is 1. The van der Waals surface area contributed by atoms with Gasteiger partial charge in [0.25, 0.3) is 0 Å². The molecule has 0 bridgehead atoms. The van der Waals surface area contributed by atoms with Gasteiger partial charge < -0.3 is 11.5 Å². The zero-order valence-corrected chi connectivity index (χ0v) is 6.90. The summed E-state index contributed by atoms with van der Waals surface area (Å²) >= 11 is 0. The predicted octanol–water partition coefficient (Wildman–Crippen LogP) is 1.15. The van der Waals surface area contributed by atoms with Crippen LogP contribution >= 0.6 is 0 Å². The Hall–Kier alpha value is -1.97. The maximum atomic E-state index is 10.9. The van der Waals surface area contributed by atoms with E-state index in [0.29, 0.717) is 5.69 Å². The lowest BCUT2D eigenvalue weighted by molar-refractivity contribution is 0.251. The molecule has 0 aliphatic carbocycles. The molecule has 0 radical (unpaired) electrons. The van der Waals surface area contributed by atoms with Crippen LogP contribution in [-0.4, -0.2) is 10.6 Å². The standard InChI is InChI=1S/C9H9N3O/c10-7-2-1-3-8-6(7)4-5-12(8)9(11)13/h1-5H,10H2,(H2,11,13). The Morgan fingerprint density at radius 3 is 2.77 bits per heavy atom. The van der Waals surface area contributed by atoms with Gasteiger partial charge in [0.05, 0.1) is 5.52 Å². The van der Waals surface area contributed by atoms with Crippen molar-refractivity contribution in [3.63, 3.8) is 0 Å². The number of nitrogens with zero attached hydrogens (tertiary/aromatic N) is 1. The number of aromatic nitrogens is 1. The fourth-order valence-corrected chi connectivity index (χ4v) is 1.38. The first-order valence-corrected chi connectivity index (χ1v) is 3.85. The quantitative estimate of drug-likeness (QED) is 0.589. The summed E-state index contributed by atoms with van der Waals surface area (Å²) in [4.78, 5) is 10.9. The molecule has 4 heteroatoms. The highest BCUT2D eigenvalue weighted by atomic mass is 16.2. The number of amides is 1. The summed E-state index contributed by atoms with van der Waals surface area (Å²) in [6, 6.07) is 6.65. The van der Waals surface area contributed by atoms with Crippen molar-refractivity contribution in [3.05, 3.63) is 30.5 Å². The second-order valence-electron chi connectivity index (χ2n) is 2.80. The van der Waals surface area contributed by atoms with Crippen LogP contribution < -0.4 is 11.5 Å². The fourth-order valence-electron chi connectivity index (χ4n) is 1.38. The molecule has 0 spiro atoms. The lowest BCUT2D eigenvalue weighted by atomic mass is 10.2. The van der Waals surface area contributed by atoms with Crippen molar-refractivity contribution in [3.8, 4) is 0 Å². The summed E-state index contributed by atoms with van der Waals surface area (Å²) in [6.45, 7) is 0. The highest BCUT2D eigenvalue weighted by Crippen LogP contribution is 2.21. The molecule has 1 heterocycles. The third-order valence-corrected chi connectivity index (χ3v) is 2.00. The zero-order chi connectivity index (χ0) is 9.42. The molecule has 0 aliphatic heterocycles. The van der Waals surface area contributed by atoms with Crippen LogP contribution in [0.4, 0.5) is 10.5 Å². The van der Waals surface area contributed by atoms with Crippen LogP contribution in [0.3, 0.4) is 0 Å². The number of primary amides is 1. The van der Waals surface area contributed by atoms with E-state index in [4.69, 9.17) is 11.5 Å². The number of carbonyl (C=O) groups excluding carboxylic acids is 1. The maximum Gasteiger partial charge on any atom is 0.323 e. The summed E-state index contributed by atoms with van der Waals surface area (Å²) < 4.78 is 1.37. The van der Waals surface area contributed by atoms with Crippen molar-refractivity contribution in [2.24, 2.45) is 5.73 Å². The van der Waals surface area contributed by atoms with Crippen molar-refractivity contribution in [2.75, 3.05) is 5.73 Å². The third kappa shape index (κ3) is 1.03. The summed E-state index contributed by atoms with van der Waals surface area (Å²) in [5, 5.41) is 0.848. The summed E-state index contributed by atoms with van der Waals surface area (Å²) in [6.07, 6.45) is 1.61. The largest absolute Gasteiger partial charge is 0.398 e. The lowest BCUT2D eigenvalue weighted by Crippen LogP contribution is -2.17. The summed E-state index contributed by atoms with van der Waals surface area (Å²) in [5.74, 6) is 0. The van der Waals surface area contributed by atoms with Gasteiger partial charge in [-0.3, -0.25) is 4.57 Å². The van der Waals surface area contributed by atoms with E-state index in [0.717, 1.165) is 10.9 Å². The smallest absolute Gasteiger partial charge is 0.323 e. The van der Waals surface area contributed by atoms with Crippen molar-refractivity contribution >= 4 is 22.6 Å². The van der Waals surface area contributed by atoms with E-state index < -0.39 is 6.03 Å². The van der Waals surface area contributed by atoms with Gasteiger partial charge in [-0.15, -0.1) is 0 Å². The van der Waals surface area contributed by atoms with Gasteiger partial charge in [0.15, 0.2) is 0 Å². The number of benzene rings is 1. The first-order chi connectivity index (χ1) is 6.20. The van der Waals surface area contributed by atoms with Crippen LogP contribution in [0.25, 0.3) is 10.9 Å². The first kappa shape index (κ1) is 7.67. The molecule has 0 saturated carbocycles. The van der Waals surface area contributed by atoms with E-state index in [-0.39, 0.29) is 0 Å². The molecule has 66 valence electrons. The van der Waals surface area contributed by atoms with Crippen molar-refractivity contribution in [1.29, 1.82) is 0 Å². The Labute approximate surface area is 74.7 Å². The average molecular weight is 175 g/mol. The lowest BCUT2D eigenvalue weighted by Gasteiger charge is -1.99. The maximum absolute atomic E-state index is 10.9. The SMILES string of the molecule is NC(=O)n1ccc2c(N)cccc21. The first-order valence-electron chi connectivity index (χ1n) is 3.85. The van der Waals surface area contributed by atoms with Crippen LogP contribution in [0.2, 0.25) is 0 Å². The minimum atomic E-state index is -0.499. The molecule has 2 rings (SSSR count). The topological polar surface area (TPSA) is 74.0 Å². The molecule has 1 aromatic heterocycles. The fraction of sp³-hybridized carbons (Fsp3) is 0. The average Bonchev–Trinajstić information content (AvgIpc) is 2.48. The number of nitrogen functional groups attached to an aromatic ring is 1. The van der Waals surface area contributed by atoms with Gasteiger partial charge in [-0.2, -0.15) is 0 Å². The molecular weight excluding hydrogens is 166 g/mol. The molecule has 13 heavy (non-hydrogen) atoms. The Morgan fingerprint density at radius 1 is 1.31 bits per heavy atom. The van der Waals surface area contributed by atoms with Gasteiger partial charge >= 0.3 is 6.03 Å². The minimum Gasteiger partial charge on any atom is -0.398 e. The van der Waals surface area contributed by atoms with Gasteiger partial charge in [0, 0.05) is 17.3 Å². The second-order valence-corrected chi connectivity index (χ2v) is 2.80. The normalized spacial score (nSPS) is 10.5. The number of hydrogen-bond donors (Lipinski definition) is 2. The Bertz CT molecular complexity index is 473. The molecule has 1 amide bonds. The summed E-state index contributed by atoms with van der Waals surface area (Å²) in [7, 11) is 0. The van der Waals surface area contributed by atoms with E-state index in [1.54, 1.807) is 30.5 Å². The van der Waals surface area contributed by atoms with Crippen LogP contribution in [0, 0.1) is 0 Å². The Kier molecular flexibility index (Phi) is 1.48. The molecule has 0 saturated heterocycles. The highest BCUT2D eigenvalue weighted by Gasteiger charge is 2.05. The van der Waals surface area contributed by atoms with Crippen molar-refractivity contribution in [2.45, 2.75) is 0 Å². The molecule has 0 unspecified atom stereocenters. The van der Waals surface area contributed by atoms with E-state index in [1.165, 1.54) is 4.57 Å². The highest BCUT2D eigenvalue weighted by molar-refractivity contribution is 5.97. The molecule has 2 aromatic rings. The van der Waals surface area contributed by atoms with Gasteiger partial charge in [0.2, 0.25) is 0 Å². The van der Waals surface area contributed by atoms with Gasteiger partial charge in [-0.25, -0.2) is 4.79 Å². The molecule has 0 atom stereocenters. The third-order valence-electron chi connectivity index (χ3n) is 2.00. The molecule has 4 nitrogen and oxygen atoms in total. The van der Waals surface area contributed by atoms with E-state index >= 15 is 0 Å². The molecule has 1 aromatic carbocycles. The molecular formula is C9H9N3O. The molecule has 4 N–H and O–H groups in total. The van der Waals surface area contributed by atoms with Crippen LogP contribution in [0.1, 0.15) is 0 Å². The minimum absolute atomic E-state index is 0.499. The van der Waals surface area contributed by atoms with E-state index in [1.807, 2.05) is 0 Å². The number of anilines is 1. The van der Waals surface area contributed by atoms with Gasteiger partial charge in [0.1, 0.15) is 0 Å². The number of hydrogen-bond acceptors (Lipinski definition) is 2. The van der Waals surface area contributed by atoms with Gasteiger partial charge in [-0.1, -0.05) is 6.07 Å². The Balaban J connectivity index is 2.83. The second kappa shape index (κ2) is 2.52. The van der Waals surface area contributed by atoms with Crippen LogP contribution in [-0.2, 0) is 0 Å². The van der Waals surface area contributed by atoms with Crippen molar-refractivity contribution < 1.29 is 4.79 Å².